The van der Waals surface area contributed by atoms with Crippen LogP contribution in [-0.2, 0) is 14.8 Å². The molecule has 8 nitrogen and oxygen atoms in total. The monoisotopic (exact) mass is 432 g/mol. The summed E-state index contributed by atoms with van der Waals surface area (Å²) in [4.78, 5) is 13.0. The van der Waals surface area contributed by atoms with Gasteiger partial charge in [-0.1, -0.05) is 0 Å². The number of nitrogens with zero attached hydrogens (tertiary/aromatic N) is 1. The molecule has 1 atom stereocenters. The van der Waals surface area contributed by atoms with Crippen LogP contribution in [0.25, 0.3) is 0 Å². The van der Waals surface area contributed by atoms with E-state index >= 15 is 0 Å². The first-order valence-corrected chi connectivity index (χ1v) is 11.2. The van der Waals surface area contributed by atoms with Crippen molar-refractivity contribution in [3.63, 3.8) is 0 Å². The summed E-state index contributed by atoms with van der Waals surface area (Å²) in [5.41, 5.74) is 1.34. The molecule has 30 heavy (non-hydrogen) atoms. The van der Waals surface area contributed by atoms with Gasteiger partial charge in [-0.05, 0) is 55.7 Å². The smallest absolute Gasteiger partial charge is 0.243 e. The number of nitrogens with one attached hydrogen (secondary N) is 1. The molecule has 1 unspecified atom stereocenters. The zero-order chi connectivity index (χ0) is 21.3. The van der Waals surface area contributed by atoms with E-state index in [1.54, 1.807) is 44.4 Å². The first-order valence-electron chi connectivity index (χ1n) is 9.74. The van der Waals surface area contributed by atoms with Gasteiger partial charge in [0.2, 0.25) is 22.7 Å². The van der Waals surface area contributed by atoms with Crippen molar-refractivity contribution in [1.82, 2.24) is 4.31 Å². The third kappa shape index (κ3) is 3.95. The predicted octanol–water partition coefficient (Wildman–Crippen LogP) is 2.77. The van der Waals surface area contributed by atoms with Crippen LogP contribution < -0.4 is 19.5 Å². The minimum absolute atomic E-state index is 0.143. The summed E-state index contributed by atoms with van der Waals surface area (Å²) >= 11 is 0. The first kappa shape index (κ1) is 20.5. The summed E-state index contributed by atoms with van der Waals surface area (Å²) in [6.07, 6.45) is 1.25. The standard InChI is InChI=1S/C21H24N2O6S/c1-14-10-17(6-8-18(14)27-2)30(25,26)23-9-3-4-15(12-23)21(24)22-16-5-7-19-20(11-16)29-13-28-19/h5-8,10-11,15H,3-4,9,12-13H2,1-2H3,(H,22,24). The molecule has 0 spiro atoms. The number of amides is 1. The molecular formula is C21H24N2O6S. The molecule has 0 radical (unpaired) electrons. The largest absolute Gasteiger partial charge is 0.496 e. The van der Waals surface area contributed by atoms with Crippen molar-refractivity contribution in [2.45, 2.75) is 24.7 Å². The van der Waals surface area contributed by atoms with Gasteiger partial charge >= 0.3 is 0 Å². The second-order valence-corrected chi connectivity index (χ2v) is 9.33. The van der Waals surface area contributed by atoms with Gasteiger partial charge in [-0.2, -0.15) is 4.31 Å². The number of hydrogen-bond acceptors (Lipinski definition) is 6. The maximum absolute atomic E-state index is 13.1. The van der Waals surface area contributed by atoms with Crippen molar-refractivity contribution in [2.24, 2.45) is 5.92 Å². The lowest BCUT2D eigenvalue weighted by Crippen LogP contribution is -2.43. The van der Waals surface area contributed by atoms with Gasteiger partial charge in [0.25, 0.3) is 0 Å². The predicted molar refractivity (Wildman–Crippen MR) is 110 cm³/mol. The number of anilines is 1. The highest BCUT2D eigenvalue weighted by Crippen LogP contribution is 2.34. The quantitative estimate of drug-likeness (QED) is 0.781. The van der Waals surface area contributed by atoms with Crippen LogP contribution in [-0.4, -0.2) is 45.6 Å². The molecule has 2 aromatic rings. The number of fused-ring (bicyclic) bond motifs is 1. The molecule has 2 aromatic carbocycles. The Morgan fingerprint density at radius 2 is 1.97 bits per heavy atom. The Labute approximate surface area is 175 Å². The molecule has 1 amide bonds. The molecular weight excluding hydrogens is 408 g/mol. The molecule has 1 N–H and O–H groups in total. The fraction of sp³-hybridized carbons (Fsp3) is 0.381. The number of rotatable bonds is 5. The maximum Gasteiger partial charge on any atom is 0.243 e. The van der Waals surface area contributed by atoms with Crippen LogP contribution in [0.2, 0.25) is 0 Å². The lowest BCUT2D eigenvalue weighted by Gasteiger charge is -2.31. The van der Waals surface area contributed by atoms with Gasteiger partial charge in [-0.25, -0.2) is 8.42 Å². The minimum Gasteiger partial charge on any atom is -0.496 e. The third-order valence-corrected chi connectivity index (χ3v) is 7.26. The molecule has 0 aromatic heterocycles. The normalized spacial score (nSPS) is 18.8. The minimum atomic E-state index is -3.70. The Kier molecular flexibility index (Phi) is 5.57. The van der Waals surface area contributed by atoms with E-state index < -0.39 is 15.9 Å². The van der Waals surface area contributed by atoms with E-state index in [2.05, 4.69) is 5.32 Å². The zero-order valence-corrected chi connectivity index (χ0v) is 17.7. The van der Waals surface area contributed by atoms with Crippen LogP contribution in [0.1, 0.15) is 18.4 Å². The molecule has 1 fully saturated rings. The summed E-state index contributed by atoms with van der Waals surface area (Å²) in [6, 6.07) is 9.97. The first-order chi connectivity index (χ1) is 14.4. The van der Waals surface area contributed by atoms with Gasteiger partial charge in [-0.15, -0.1) is 0 Å². The Balaban J connectivity index is 1.47. The van der Waals surface area contributed by atoms with Crippen molar-refractivity contribution >= 4 is 21.6 Å². The molecule has 9 heteroatoms. The molecule has 160 valence electrons. The highest BCUT2D eigenvalue weighted by Gasteiger charge is 2.33. The van der Waals surface area contributed by atoms with Gasteiger partial charge in [-0.3, -0.25) is 4.79 Å². The van der Waals surface area contributed by atoms with E-state index in [9.17, 15) is 13.2 Å². The molecule has 4 rings (SSSR count). The number of sulfonamides is 1. The molecule has 0 bridgehead atoms. The Morgan fingerprint density at radius 1 is 1.17 bits per heavy atom. The molecule has 2 aliphatic rings. The van der Waals surface area contributed by atoms with E-state index in [0.29, 0.717) is 42.3 Å². The number of benzene rings is 2. The van der Waals surface area contributed by atoms with E-state index in [0.717, 1.165) is 5.56 Å². The van der Waals surface area contributed by atoms with Gasteiger partial charge in [0, 0.05) is 24.8 Å². The fourth-order valence-electron chi connectivity index (χ4n) is 3.75. The lowest BCUT2D eigenvalue weighted by molar-refractivity contribution is -0.120. The van der Waals surface area contributed by atoms with E-state index in [-0.39, 0.29) is 24.1 Å². The highest BCUT2D eigenvalue weighted by molar-refractivity contribution is 7.89. The van der Waals surface area contributed by atoms with Crippen LogP contribution >= 0.6 is 0 Å². The van der Waals surface area contributed by atoms with Crippen molar-refractivity contribution in [2.75, 3.05) is 32.3 Å². The third-order valence-electron chi connectivity index (χ3n) is 5.40. The number of hydrogen-bond donors (Lipinski definition) is 1. The van der Waals surface area contributed by atoms with E-state index in [4.69, 9.17) is 14.2 Å². The van der Waals surface area contributed by atoms with Crippen molar-refractivity contribution in [3.05, 3.63) is 42.0 Å². The summed E-state index contributed by atoms with van der Waals surface area (Å²) in [5.74, 6) is 1.21. The second kappa shape index (κ2) is 8.16. The van der Waals surface area contributed by atoms with Crippen molar-refractivity contribution in [1.29, 1.82) is 0 Å². The van der Waals surface area contributed by atoms with Crippen LogP contribution in [0.5, 0.6) is 17.2 Å². The Hall–Kier alpha value is -2.78. The molecule has 2 heterocycles. The molecule has 0 aliphatic carbocycles. The average molecular weight is 432 g/mol. The van der Waals surface area contributed by atoms with Crippen LogP contribution in [0, 0.1) is 12.8 Å². The number of carbonyl (C=O) groups excluding carboxylic acids is 1. The van der Waals surface area contributed by atoms with Crippen LogP contribution in [0.15, 0.2) is 41.3 Å². The van der Waals surface area contributed by atoms with Gasteiger partial charge < -0.3 is 19.5 Å². The van der Waals surface area contributed by atoms with Crippen molar-refractivity contribution < 1.29 is 27.4 Å². The number of carbonyl (C=O) groups is 1. The van der Waals surface area contributed by atoms with Gasteiger partial charge in [0.05, 0.1) is 17.9 Å². The summed E-state index contributed by atoms with van der Waals surface area (Å²) in [6.45, 7) is 2.49. The highest BCUT2D eigenvalue weighted by atomic mass is 32.2. The molecule has 1 saturated heterocycles. The fourth-order valence-corrected chi connectivity index (χ4v) is 5.36. The van der Waals surface area contributed by atoms with Crippen molar-refractivity contribution in [3.8, 4) is 17.2 Å². The Morgan fingerprint density at radius 3 is 2.73 bits per heavy atom. The van der Waals surface area contributed by atoms with Gasteiger partial charge in [0.1, 0.15) is 5.75 Å². The van der Waals surface area contributed by atoms with Gasteiger partial charge in [0.15, 0.2) is 11.5 Å². The summed E-state index contributed by atoms with van der Waals surface area (Å²) in [7, 11) is -2.15. The number of piperidine rings is 1. The van der Waals surface area contributed by atoms with E-state index in [1.165, 1.54) is 10.4 Å². The number of methoxy groups -OCH3 is 1. The lowest BCUT2D eigenvalue weighted by atomic mass is 9.98. The van der Waals surface area contributed by atoms with Crippen LogP contribution in [0.3, 0.4) is 0 Å². The Bertz CT molecular complexity index is 1070. The zero-order valence-electron chi connectivity index (χ0n) is 16.9. The number of aryl methyl sites for hydroxylation is 1. The summed E-state index contributed by atoms with van der Waals surface area (Å²) in [5, 5.41) is 2.86. The van der Waals surface area contributed by atoms with E-state index in [1.807, 2.05) is 0 Å². The molecule has 0 saturated carbocycles. The SMILES string of the molecule is COc1ccc(S(=O)(=O)N2CCCC(C(=O)Nc3ccc4c(c3)OCO4)C2)cc1C. The second-order valence-electron chi connectivity index (χ2n) is 7.39. The topological polar surface area (TPSA) is 94.2 Å². The number of ether oxygens (including phenoxy) is 3. The molecule has 2 aliphatic heterocycles. The average Bonchev–Trinajstić information content (AvgIpc) is 3.21. The summed E-state index contributed by atoms with van der Waals surface area (Å²) < 4.78 is 43.4. The maximum atomic E-state index is 13.1. The van der Waals surface area contributed by atoms with Crippen LogP contribution in [0.4, 0.5) is 5.69 Å².